The highest BCUT2D eigenvalue weighted by molar-refractivity contribution is 7.99. The van der Waals surface area contributed by atoms with Gasteiger partial charge >= 0.3 is 20.7 Å². The van der Waals surface area contributed by atoms with Gasteiger partial charge in [-0.2, -0.15) is 23.5 Å². The number of esters is 2. The number of likely N-dealkylation sites (N-methyl/N-ethyl adjacent to an activating group) is 1. The lowest BCUT2D eigenvalue weighted by Gasteiger charge is -2.25. The number of thioether (sulfide) groups is 2. The van der Waals surface area contributed by atoms with Crippen LogP contribution in [0.2, 0.25) is 6.04 Å². The van der Waals surface area contributed by atoms with Crippen LogP contribution >= 0.6 is 23.5 Å². The van der Waals surface area contributed by atoms with Crippen LogP contribution < -0.4 is 12.4 Å². The molecule has 0 heterocycles. The van der Waals surface area contributed by atoms with E-state index in [2.05, 4.69) is 18.7 Å². The van der Waals surface area contributed by atoms with Crippen LogP contribution in [0.3, 0.4) is 0 Å². The topological polar surface area (TPSA) is 83.5 Å². The minimum Gasteiger partial charge on any atom is -1.00 e. The Kier molecular flexibility index (Phi) is 26.4. The highest BCUT2D eigenvalue weighted by atomic mass is 35.5. The van der Waals surface area contributed by atoms with Crippen LogP contribution in [0.25, 0.3) is 0 Å². The third kappa shape index (κ3) is 19.1. The fourth-order valence-corrected chi connectivity index (χ4v) is 6.25. The van der Waals surface area contributed by atoms with Crippen LogP contribution in [0, 0.1) is 10.8 Å². The van der Waals surface area contributed by atoms with Crippen molar-refractivity contribution in [2.45, 2.75) is 67.4 Å². The molecule has 0 bridgehead atoms. The van der Waals surface area contributed by atoms with E-state index in [4.69, 9.17) is 22.8 Å². The standard InChI is InChI=1S/C16H35NO5SSi.C10H20O2S.ClH/c1-8-17(4)10-11-22-15(18)16(2,3)14-23-12-9-13-24(19-5,20-6)21-7;1-5-10(3,4)9(11)12-7-8-13-6-2;/h8-14H2,1-7H3;5-8H2,1-4H3;1H/p-1. The zero-order chi connectivity index (χ0) is 29.0. The first-order valence-electron chi connectivity index (χ1n) is 13.1. The molecule has 230 valence electrons. The molecule has 0 rings (SSSR count). The second-order valence-corrected chi connectivity index (χ2v) is 15.5. The zero-order valence-corrected chi connectivity index (χ0v) is 29.2. The number of carbonyl (C=O) groups excluding carboxylic acids is 2. The Hall–Kier alpha value is -0.0131. The number of rotatable bonds is 20. The van der Waals surface area contributed by atoms with Crippen LogP contribution in [0.5, 0.6) is 0 Å². The van der Waals surface area contributed by atoms with Gasteiger partial charge in [-0.3, -0.25) is 9.59 Å². The summed E-state index contributed by atoms with van der Waals surface area (Å²) in [5, 5.41) is 0. The van der Waals surface area contributed by atoms with E-state index in [0.29, 0.717) is 13.2 Å². The summed E-state index contributed by atoms with van der Waals surface area (Å²) in [6, 6.07) is 0.776. The number of carbonyl (C=O) groups is 2. The van der Waals surface area contributed by atoms with Crippen molar-refractivity contribution >= 4 is 44.3 Å². The molecule has 0 spiro atoms. The highest BCUT2D eigenvalue weighted by Crippen LogP contribution is 2.25. The third-order valence-electron chi connectivity index (χ3n) is 6.07. The van der Waals surface area contributed by atoms with Gasteiger partial charge < -0.3 is 40.1 Å². The van der Waals surface area contributed by atoms with Crippen molar-refractivity contribution < 1.29 is 44.7 Å². The summed E-state index contributed by atoms with van der Waals surface area (Å²) >= 11 is 3.54. The Bertz CT molecular complexity index is 604. The van der Waals surface area contributed by atoms with Crippen LogP contribution in [-0.2, 0) is 32.3 Å². The molecule has 0 amide bonds. The molecule has 0 N–H and O–H groups in total. The average Bonchev–Trinajstić information content (AvgIpc) is 2.89. The van der Waals surface area contributed by atoms with E-state index in [1.807, 2.05) is 41.7 Å². The van der Waals surface area contributed by atoms with Gasteiger partial charge in [0.15, 0.2) is 0 Å². The maximum absolute atomic E-state index is 12.2. The molecule has 38 heavy (non-hydrogen) atoms. The molecule has 0 atom stereocenters. The quantitative estimate of drug-likeness (QED) is 0.115. The number of halogens is 1. The lowest BCUT2D eigenvalue weighted by Crippen LogP contribution is -3.00. The zero-order valence-electron chi connectivity index (χ0n) is 25.8. The van der Waals surface area contributed by atoms with Gasteiger partial charge in [0.25, 0.3) is 0 Å². The van der Waals surface area contributed by atoms with Crippen LogP contribution in [0.4, 0.5) is 0 Å². The van der Waals surface area contributed by atoms with E-state index in [9.17, 15) is 9.59 Å². The first-order chi connectivity index (χ1) is 17.3. The molecule has 0 fully saturated rings. The average molecular weight is 621 g/mol. The van der Waals surface area contributed by atoms with E-state index in [1.165, 1.54) is 0 Å². The minimum atomic E-state index is -2.48. The summed E-state index contributed by atoms with van der Waals surface area (Å²) in [5.41, 5.74) is -0.801. The second-order valence-electron chi connectivity index (χ2n) is 9.94. The summed E-state index contributed by atoms with van der Waals surface area (Å²) in [6.45, 7) is 16.6. The van der Waals surface area contributed by atoms with Gasteiger partial charge in [-0.15, -0.1) is 0 Å². The van der Waals surface area contributed by atoms with Crippen molar-refractivity contribution in [1.82, 2.24) is 4.90 Å². The van der Waals surface area contributed by atoms with Crippen molar-refractivity contribution in [3.8, 4) is 0 Å². The summed E-state index contributed by atoms with van der Waals surface area (Å²) in [4.78, 5) is 25.7. The fourth-order valence-electron chi connectivity index (χ4n) is 2.66. The predicted molar refractivity (Wildman–Crippen MR) is 159 cm³/mol. The molecule has 0 aliphatic heterocycles. The summed E-state index contributed by atoms with van der Waals surface area (Å²) < 4.78 is 26.7. The summed E-state index contributed by atoms with van der Waals surface area (Å²) in [5.74, 6) is 3.44. The first kappa shape index (κ1) is 42.5. The first-order valence-corrected chi connectivity index (χ1v) is 17.4. The number of ether oxygens (including phenoxy) is 2. The van der Waals surface area contributed by atoms with Gasteiger partial charge in [-0.25, -0.2) is 0 Å². The van der Waals surface area contributed by atoms with Crippen molar-refractivity contribution in [3.05, 3.63) is 0 Å². The van der Waals surface area contributed by atoms with Gasteiger partial charge in [0, 0.05) is 45.4 Å². The van der Waals surface area contributed by atoms with E-state index in [0.717, 1.165) is 55.0 Å². The van der Waals surface area contributed by atoms with E-state index < -0.39 is 14.2 Å². The molecule has 0 saturated carbocycles. The van der Waals surface area contributed by atoms with Gasteiger partial charge in [0.2, 0.25) is 0 Å². The fraction of sp³-hybridized carbons (Fsp3) is 0.923. The number of hydrogen-bond donors (Lipinski definition) is 0. The number of hydrogen-bond acceptors (Lipinski definition) is 10. The maximum Gasteiger partial charge on any atom is 0.500 e. The molecule has 0 radical (unpaired) electrons. The molecule has 0 aromatic carbocycles. The molecule has 0 aliphatic rings. The van der Waals surface area contributed by atoms with Gasteiger partial charge in [-0.1, -0.05) is 20.8 Å². The molecule has 0 unspecified atom stereocenters. The monoisotopic (exact) mass is 620 g/mol. The molecule has 0 saturated heterocycles. The smallest absolute Gasteiger partial charge is 0.500 e. The molecule has 0 aromatic rings. The highest BCUT2D eigenvalue weighted by Gasteiger charge is 2.37. The van der Waals surface area contributed by atoms with E-state index in [-0.39, 0.29) is 29.8 Å². The van der Waals surface area contributed by atoms with Crippen molar-refractivity contribution in [1.29, 1.82) is 0 Å². The molecule has 0 aliphatic carbocycles. The Morgan fingerprint density at radius 2 is 1.34 bits per heavy atom. The third-order valence-corrected chi connectivity index (χ3v) is 11.3. The second kappa shape index (κ2) is 23.7. The summed E-state index contributed by atoms with van der Waals surface area (Å²) in [6.07, 6.45) is 1.76. The van der Waals surface area contributed by atoms with Gasteiger partial charge in [0.1, 0.15) is 13.2 Å². The molecule has 8 nitrogen and oxygen atoms in total. The summed E-state index contributed by atoms with van der Waals surface area (Å²) in [7, 11) is 4.41. The van der Waals surface area contributed by atoms with Crippen LogP contribution in [0.1, 0.15) is 61.3 Å². The molecular formula is C26H55ClNO7S2Si-. The lowest BCUT2D eigenvalue weighted by atomic mass is 9.91. The Morgan fingerprint density at radius 1 is 0.816 bits per heavy atom. The minimum absolute atomic E-state index is 0. The largest absolute Gasteiger partial charge is 1.00 e. The Morgan fingerprint density at radius 3 is 1.82 bits per heavy atom. The molecule has 12 heteroatoms. The van der Waals surface area contributed by atoms with Crippen molar-refractivity contribution in [2.24, 2.45) is 10.8 Å². The van der Waals surface area contributed by atoms with E-state index >= 15 is 0 Å². The Balaban J connectivity index is -0.000000743. The van der Waals surface area contributed by atoms with Crippen LogP contribution in [0.15, 0.2) is 0 Å². The predicted octanol–water partition coefficient (Wildman–Crippen LogP) is 2.23. The maximum atomic E-state index is 12.2. The normalized spacial score (nSPS) is 11.9. The van der Waals surface area contributed by atoms with E-state index in [1.54, 1.807) is 44.9 Å². The number of nitrogens with zero attached hydrogens (tertiary/aromatic N) is 1. The molecule has 0 aromatic heterocycles. The van der Waals surface area contributed by atoms with Crippen LogP contribution in [-0.4, -0.2) is 103 Å². The molecular weight excluding hydrogens is 566 g/mol. The van der Waals surface area contributed by atoms with Crippen molar-refractivity contribution in [2.75, 3.05) is 77.7 Å². The lowest BCUT2D eigenvalue weighted by molar-refractivity contribution is -0.154. The van der Waals surface area contributed by atoms with Crippen molar-refractivity contribution in [3.63, 3.8) is 0 Å². The Labute approximate surface area is 249 Å². The van der Waals surface area contributed by atoms with Gasteiger partial charge in [-0.05, 0) is 65.6 Å². The van der Waals surface area contributed by atoms with Gasteiger partial charge in [0.05, 0.1) is 10.8 Å². The SMILES string of the molecule is CCN(C)CCOC(=O)C(C)(C)CSCCC[Si](OC)(OC)OC.CCSCCOC(=O)C(C)(C)CC.[Cl-].